The molecule has 0 spiro atoms. The van der Waals surface area contributed by atoms with Crippen LogP contribution in [0.1, 0.15) is 0 Å². The Morgan fingerprint density at radius 3 is 2.80 bits per heavy atom. The van der Waals surface area contributed by atoms with Crippen LogP contribution in [0.15, 0.2) is 10.7 Å². The van der Waals surface area contributed by atoms with Gasteiger partial charge >= 0.3 is 0 Å². The number of rotatable bonds is 3. The predicted octanol–water partition coefficient (Wildman–Crippen LogP) is 0.321. The van der Waals surface area contributed by atoms with Crippen molar-refractivity contribution in [3.8, 4) is 0 Å². The molecule has 0 bridgehead atoms. The highest BCUT2D eigenvalue weighted by molar-refractivity contribution is 9.10. The number of halogens is 1. The second-order valence-electron chi connectivity index (χ2n) is 3.08. The van der Waals surface area contributed by atoms with E-state index in [1.807, 2.05) is 0 Å². The summed E-state index contributed by atoms with van der Waals surface area (Å²) >= 11 is 3.18. The third kappa shape index (κ3) is 3.70. The molecular formula is C8H12BrN5O. The smallest absolute Gasteiger partial charge is 0.241 e. The van der Waals surface area contributed by atoms with Gasteiger partial charge in [-0.1, -0.05) is 0 Å². The largest absolute Gasteiger partial charge is 0.383 e. The molecule has 0 aliphatic carbocycles. The van der Waals surface area contributed by atoms with Crippen molar-refractivity contribution in [3.63, 3.8) is 0 Å². The van der Waals surface area contributed by atoms with Crippen LogP contribution in [0.2, 0.25) is 0 Å². The van der Waals surface area contributed by atoms with Crippen molar-refractivity contribution in [1.29, 1.82) is 0 Å². The van der Waals surface area contributed by atoms with Crippen molar-refractivity contribution in [3.05, 3.63) is 10.7 Å². The van der Waals surface area contributed by atoms with Crippen molar-refractivity contribution < 1.29 is 4.79 Å². The van der Waals surface area contributed by atoms with E-state index >= 15 is 0 Å². The summed E-state index contributed by atoms with van der Waals surface area (Å²) in [4.78, 5) is 20.7. The number of hydrogen-bond acceptors (Lipinski definition) is 5. The first kappa shape index (κ1) is 11.7. The van der Waals surface area contributed by atoms with Crippen LogP contribution in [-0.2, 0) is 4.79 Å². The zero-order chi connectivity index (χ0) is 11.4. The Bertz CT molecular complexity index is 348. The fourth-order valence-corrected chi connectivity index (χ4v) is 1.23. The second kappa shape index (κ2) is 4.92. The van der Waals surface area contributed by atoms with Crippen molar-refractivity contribution >= 4 is 33.6 Å². The molecular weight excluding hydrogens is 262 g/mol. The first-order chi connectivity index (χ1) is 6.99. The van der Waals surface area contributed by atoms with Gasteiger partial charge in [-0.05, 0) is 15.9 Å². The topological polar surface area (TPSA) is 84.1 Å². The van der Waals surface area contributed by atoms with Gasteiger partial charge in [-0.15, -0.1) is 0 Å². The maximum absolute atomic E-state index is 11.3. The molecule has 0 aliphatic rings. The zero-order valence-electron chi connectivity index (χ0n) is 8.49. The highest BCUT2D eigenvalue weighted by atomic mass is 79.9. The maximum atomic E-state index is 11.3. The van der Waals surface area contributed by atoms with E-state index in [-0.39, 0.29) is 12.5 Å². The van der Waals surface area contributed by atoms with Crippen LogP contribution in [0.25, 0.3) is 0 Å². The van der Waals surface area contributed by atoms with Gasteiger partial charge in [-0.2, -0.15) is 4.98 Å². The third-order valence-electron chi connectivity index (χ3n) is 1.61. The molecule has 0 unspecified atom stereocenters. The lowest BCUT2D eigenvalue weighted by Gasteiger charge is -2.10. The van der Waals surface area contributed by atoms with Crippen LogP contribution in [0.4, 0.5) is 11.8 Å². The Hall–Kier alpha value is -1.37. The van der Waals surface area contributed by atoms with Gasteiger partial charge in [-0.25, -0.2) is 4.98 Å². The van der Waals surface area contributed by atoms with Gasteiger partial charge in [0, 0.05) is 20.2 Å². The van der Waals surface area contributed by atoms with E-state index in [0.29, 0.717) is 16.4 Å². The molecule has 1 aromatic rings. The summed E-state index contributed by atoms with van der Waals surface area (Å²) in [6, 6.07) is 1.58. The number of nitrogen functional groups attached to an aromatic ring is 1. The quantitative estimate of drug-likeness (QED) is 0.775. The van der Waals surface area contributed by atoms with Gasteiger partial charge in [-0.3, -0.25) is 4.79 Å². The molecule has 1 amide bonds. The number of nitrogens with one attached hydrogen (secondary N) is 1. The van der Waals surface area contributed by atoms with E-state index in [1.54, 1.807) is 20.2 Å². The number of nitrogens with two attached hydrogens (primary N) is 1. The van der Waals surface area contributed by atoms with E-state index in [2.05, 4.69) is 31.2 Å². The minimum absolute atomic E-state index is 0.0582. The highest BCUT2D eigenvalue weighted by Crippen LogP contribution is 2.11. The summed E-state index contributed by atoms with van der Waals surface area (Å²) in [7, 11) is 3.36. The summed E-state index contributed by atoms with van der Waals surface area (Å²) in [5, 5.41) is 2.78. The summed E-state index contributed by atoms with van der Waals surface area (Å²) in [5.74, 6) is 0.617. The minimum atomic E-state index is -0.0582. The molecule has 15 heavy (non-hydrogen) atoms. The van der Waals surface area contributed by atoms with Gasteiger partial charge in [0.1, 0.15) is 10.4 Å². The number of aromatic nitrogens is 2. The van der Waals surface area contributed by atoms with Gasteiger partial charge in [0.15, 0.2) is 0 Å². The van der Waals surface area contributed by atoms with Crippen molar-refractivity contribution in [2.75, 3.05) is 31.7 Å². The monoisotopic (exact) mass is 273 g/mol. The molecule has 3 N–H and O–H groups in total. The number of likely N-dealkylation sites (N-methyl/N-ethyl adjacent to an activating group) is 1. The lowest BCUT2D eigenvalue weighted by molar-refractivity contribution is -0.126. The summed E-state index contributed by atoms with van der Waals surface area (Å²) in [6.07, 6.45) is 0. The fraction of sp³-hybridized carbons (Fsp3) is 0.375. The Labute approximate surface area is 96.0 Å². The molecule has 0 saturated carbocycles. The Balaban J connectivity index is 2.61. The van der Waals surface area contributed by atoms with Crippen LogP contribution >= 0.6 is 15.9 Å². The molecule has 0 radical (unpaired) electrons. The Morgan fingerprint density at radius 2 is 2.27 bits per heavy atom. The first-order valence-corrected chi connectivity index (χ1v) is 5.02. The lowest BCUT2D eigenvalue weighted by atomic mass is 10.5. The second-order valence-corrected chi connectivity index (χ2v) is 3.89. The van der Waals surface area contributed by atoms with Crippen LogP contribution in [-0.4, -0.2) is 41.4 Å². The summed E-state index contributed by atoms with van der Waals surface area (Å²) in [5.41, 5.74) is 5.51. The van der Waals surface area contributed by atoms with Crippen molar-refractivity contribution in [1.82, 2.24) is 14.9 Å². The molecule has 0 aliphatic heterocycles. The number of carbonyl (C=O) groups is 1. The fourth-order valence-electron chi connectivity index (χ4n) is 0.827. The molecule has 6 nitrogen and oxygen atoms in total. The van der Waals surface area contributed by atoms with Crippen LogP contribution in [0, 0.1) is 0 Å². The minimum Gasteiger partial charge on any atom is -0.383 e. The van der Waals surface area contributed by atoms with E-state index in [4.69, 9.17) is 5.73 Å². The molecule has 1 aromatic heterocycles. The number of nitrogens with zero attached hydrogens (tertiary/aromatic N) is 3. The Kier molecular flexibility index (Phi) is 3.84. The van der Waals surface area contributed by atoms with E-state index in [1.165, 1.54) is 4.90 Å². The molecule has 1 rings (SSSR count). The van der Waals surface area contributed by atoms with E-state index in [0.717, 1.165) is 0 Å². The number of amides is 1. The molecule has 0 fully saturated rings. The van der Waals surface area contributed by atoms with Crippen LogP contribution in [0.3, 0.4) is 0 Å². The molecule has 0 atom stereocenters. The average molecular weight is 274 g/mol. The zero-order valence-corrected chi connectivity index (χ0v) is 10.1. The van der Waals surface area contributed by atoms with E-state index in [9.17, 15) is 4.79 Å². The summed E-state index contributed by atoms with van der Waals surface area (Å²) in [6.45, 7) is 0.142. The number of anilines is 2. The van der Waals surface area contributed by atoms with Crippen molar-refractivity contribution in [2.24, 2.45) is 0 Å². The molecule has 0 saturated heterocycles. The van der Waals surface area contributed by atoms with Gasteiger partial charge < -0.3 is 16.0 Å². The van der Waals surface area contributed by atoms with Gasteiger partial charge in [0.2, 0.25) is 11.9 Å². The van der Waals surface area contributed by atoms with Gasteiger partial charge in [0.05, 0.1) is 6.54 Å². The molecule has 0 aromatic carbocycles. The molecule has 7 heteroatoms. The Morgan fingerprint density at radius 1 is 1.60 bits per heavy atom. The first-order valence-electron chi connectivity index (χ1n) is 4.23. The SMILES string of the molecule is CN(C)C(=O)CNc1nc(N)cc(Br)n1. The number of hydrogen-bond donors (Lipinski definition) is 2. The average Bonchev–Trinajstić information content (AvgIpc) is 2.12. The lowest BCUT2D eigenvalue weighted by Crippen LogP contribution is -2.29. The van der Waals surface area contributed by atoms with Crippen LogP contribution in [0.5, 0.6) is 0 Å². The summed E-state index contributed by atoms with van der Waals surface area (Å²) < 4.78 is 0.579. The number of carbonyl (C=O) groups excluding carboxylic acids is 1. The predicted molar refractivity (Wildman–Crippen MR) is 61.3 cm³/mol. The standard InChI is InChI=1S/C8H12BrN5O/c1-14(2)7(15)4-11-8-12-5(9)3-6(10)13-8/h3H,4H2,1-2H3,(H3,10,11,12,13). The van der Waals surface area contributed by atoms with Gasteiger partial charge in [0.25, 0.3) is 0 Å². The molecule has 1 heterocycles. The van der Waals surface area contributed by atoms with Crippen LogP contribution < -0.4 is 11.1 Å². The maximum Gasteiger partial charge on any atom is 0.241 e. The van der Waals surface area contributed by atoms with Crippen molar-refractivity contribution in [2.45, 2.75) is 0 Å². The normalized spacial score (nSPS) is 9.80. The highest BCUT2D eigenvalue weighted by Gasteiger charge is 2.05. The molecule has 82 valence electrons. The third-order valence-corrected chi connectivity index (χ3v) is 2.02. The van der Waals surface area contributed by atoms with E-state index < -0.39 is 0 Å².